The van der Waals surface area contributed by atoms with Crippen LogP contribution < -0.4 is 10.1 Å². The SMILES string of the molecule is Cc1ccc2c(Nc3cccc(OC(F)(F)F)c3)nccc2c1[N+](=O)[O-]. The Morgan fingerprint density at radius 2 is 1.92 bits per heavy atom. The zero-order valence-electron chi connectivity index (χ0n) is 13.4. The van der Waals surface area contributed by atoms with Gasteiger partial charge in [-0.15, -0.1) is 13.2 Å². The number of nitro groups is 1. The van der Waals surface area contributed by atoms with E-state index in [-0.39, 0.29) is 17.3 Å². The van der Waals surface area contributed by atoms with E-state index in [9.17, 15) is 23.3 Å². The Hall–Kier alpha value is -3.36. The fourth-order valence-electron chi connectivity index (χ4n) is 2.60. The van der Waals surface area contributed by atoms with E-state index in [1.54, 1.807) is 19.1 Å². The van der Waals surface area contributed by atoms with Crippen molar-refractivity contribution in [1.82, 2.24) is 4.98 Å². The number of nitrogens with one attached hydrogen (secondary N) is 1. The predicted molar refractivity (Wildman–Crippen MR) is 89.5 cm³/mol. The molecule has 6 nitrogen and oxygen atoms in total. The number of nitro benzene ring substituents is 1. The molecule has 0 unspecified atom stereocenters. The van der Waals surface area contributed by atoms with E-state index >= 15 is 0 Å². The van der Waals surface area contributed by atoms with Gasteiger partial charge in [-0.25, -0.2) is 4.98 Å². The highest BCUT2D eigenvalue weighted by Gasteiger charge is 2.31. The normalized spacial score (nSPS) is 11.4. The minimum absolute atomic E-state index is 0.0397. The number of hydrogen-bond acceptors (Lipinski definition) is 5. The second kappa shape index (κ2) is 6.51. The van der Waals surface area contributed by atoms with E-state index in [4.69, 9.17) is 0 Å². The van der Waals surface area contributed by atoms with Crippen LogP contribution in [0.1, 0.15) is 5.56 Å². The number of aryl methyl sites for hydroxylation is 1. The number of halogens is 3. The highest BCUT2D eigenvalue weighted by molar-refractivity contribution is 5.99. The smallest absolute Gasteiger partial charge is 0.406 e. The van der Waals surface area contributed by atoms with Crippen molar-refractivity contribution >= 4 is 28.0 Å². The molecule has 0 fully saturated rings. The van der Waals surface area contributed by atoms with Crippen LogP contribution in [0.3, 0.4) is 0 Å². The lowest BCUT2D eigenvalue weighted by Gasteiger charge is -2.12. The number of aromatic nitrogens is 1. The average molecular weight is 363 g/mol. The van der Waals surface area contributed by atoms with Crippen molar-refractivity contribution in [1.29, 1.82) is 0 Å². The number of fused-ring (bicyclic) bond motifs is 1. The molecule has 3 rings (SSSR count). The Morgan fingerprint density at radius 3 is 2.62 bits per heavy atom. The fourth-order valence-corrected chi connectivity index (χ4v) is 2.60. The molecule has 1 N–H and O–H groups in total. The molecule has 0 aliphatic carbocycles. The van der Waals surface area contributed by atoms with E-state index < -0.39 is 11.3 Å². The Bertz CT molecular complexity index is 990. The minimum atomic E-state index is -4.80. The molecule has 0 radical (unpaired) electrons. The van der Waals surface area contributed by atoms with Crippen molar-refractivity contribution < 1.29 is 22.8 Å². The molecule has 3 aromatic rings. The Labute approximate surface area is 145 Å². The molecule has 0 spiro atoms. The Balaban J connectivity index is 2.01. The zero-order valence-corrected chi connectivity index (χ0v) is 13.4. The molecule has 9 heteroatoms. The van der Waals surface area contributed by atoms with Crippen molar-refractivity contribution in [2.75, 3.05) is 5.32 Å². The first-order valence-electron chi connectivity index (χ1n) is 7.40. The zero-order chi connectivity index (χ0) is 18.9. The van der Waals surface area contributed by atoms with Gasteiger partial charge in [-0.2, -0.15) is 0 Å². The summed E-state index contributed by atoms with van der Waals surface area (Å²) in [5.41, 5.74) is 0.761. The van der Waals surface area contributed by atoms with Crippen LogP contribution in [0.4, 0.5) is 30.4 Å². The number of rotatable bonds is 4. The number of hydrogen-bond donors (Lipinski definition) is 1. The summed E-state index contributed by atoms with van der Waals surface area (Å²) in [5, 5.41) is 15.1. The van der Waals surface area contributed by atoms with Gasteiger partial charge in [0.05, 0.1) is 10.3 Å². The Morgan fingerprint density at radius 1 is 1.15 bits per heavy atom. The van der Waals surface area contributed by atoms with Crippen LogP contribution in [0.5, 0.6) is 5.75 Å². The van der Waals surface area contributed by atoms with Gasteiger partial charge in [0.25, 0.3) is 5.69 Å². The van der Waals surface area contributed by atoms with Gasteiger partial charge >= 0.3 is 6.36 Å². The standard InChI is InChI=1S/C17H12F3N3O3/c1-10-5-6-14-13(15(10)23(24)25)7-8-21-16(14)22-11-3-2-4-12(9-11)26-17(18,19)20/h2-9H,1H3,(H,21,22). The first-order valence-corrected chi connectivity index (χ1v) is 7.40. The van der Waals surface area contributed by atoms with Gasteiger partial charge in [-0.1, -0.05) is 12.1 Å². The van der Waals surface area contributed by atoms with Crippen molar-refractivity contribution in [2.24, 2.45) is 0 Å². The summed E-state index contributed by atoms with van der Waals surface area (Å²) in [6.07, 6.45) is -3.40. The topological polar surface area (TPSA) is 77.3 Å². The van der Waals surface area contributed by atoms with Crippen molar-refractivity contribution in [3.63, 3.8) is 0 Å². The van der Waals surface area contributed by atoms with Gasteiger partial charge in [0.2, 0.25) is 0 Å². The summed E-state index contributed by atoms with van der Waals surface area (Å²) in [6.45, 7) is 1.63. The summed E-state index contributed by atoms with van der Waals surface area (Å²) in [6, 6.07) is 10.0. The summed E-state index contributed by atoms with van der Waals surface area (Å²) >= 11 is 0. The summed E-state index contributed by atoms with van der Waals surface area (Å²) < 4.78 is 40.9. The molecular formula is C17H12F3N3O3. The monoisotopic (exact) mass is 363 g/mol. The maximum absolute atomic E-state index is 12.3. The van der Waals surface area contributed by atoms with E-state index in [0.717, 1.165) is 6.07 Å². The van der Waals surface area contributed by atoms with Crippen LogP contribution in [0.2, 0.25) is 0 Å². The van der Waals surface area contributed by atoms with Crippen molar-refractivity contribution in [3.05, 3.63) is 64.3 Å². The average Bonchev–Trinajstić information content (AvgIpc) is 2.53. The number of pyridine rings is 1. The molecule has 0 saturated carbocycles. The Kier molecular flexibility index (Phi) is 4.37. The van der Waals surface area contributed by atoms with Crippen LogP contribution in [-0.2, 0) is 0 Å². The van der Waals surface area contributed by atoms with Crippen LogP contribution in [0.15, 0.2) is 48.7 Å². The molecule has 0 aliphatic rings. The molecule has 0 saturated heterocycles. The highest BCUT2D eigenvalue weighted by Crippen LogP contribution is 2.34. The first-order chi connectivity index (χ1) is 12.2. The summed E-state index contributed by atoms with van der Waals surface area (Å²) in [4.78, 5) is 15.0. The van der Waals surface area contributed by atoms with Crippen LogP contribution in [0, 0.1) is 17.0 Å². The molecule has 1 aromatic heterocycles. The number of alkyl halides is 3. The van der Waals surface area contributed by atoms with Gasteiger partial charge < -0.3 is 10.1 Å². The van der Waals surface area contributed by atoms with Gasteiger partial charge in [-0.05, 0) is 31.2 Å². The number of ether oxygens (including phenoxy) is 1. The van der Waals surface area contributed by atoms with E-state index in [2.05, 4.69) is 15.0 Å². The number of anilines is 2. The molecule has 0 amide bonds. The maximum Gasteiger partial charge on any atom is 0.573 e. The molecule has 0 aliphatic heterocycles. The van der Waals surface area contributed by atoms with Crippen LogP contribution in [-0.4, -0.2) is 16.3 Å². The lowest BCUT2D eigenvalue weighted by atomic mass is 10.1. The molecule has 0 atom stereocenters. The third kappa shape index (κ3) is 3.66. The second-order valence-electron chi connectivity index (χ2n) is 5.44. The van der Waals surface area contributed by atoms with Crippen LogP contribution in [0.25, 0.3) is 10.8 Å². The van der Waals surface area contributed by atoms with Gasteiger partial charge in [0.15, 0.2) is 0 Å². The molecule has 134 valence electrons. The summed E-state index contributed by atoms with van der Waals surface area (Å²) in [7, 11) is 0. The van der Waals surface area contributed by atoms with E-state index in [0.29, 0.717) is 22.0 Å². The molecule has 26 heavy (non-hydrogen) atoms. The molecule has 0 bridgehead atoms. The number of nitrogens with zero attached hydrogens (tertiary/aromatic N) is 2. The van der Waals surface area contributed by atoms with Gasteiger partial charge in [0.1, 0.15) is 11.6 Å². The van der Waals surface area contributed by atoms with Gasteiger partial charge in [-0.3, -0.25) is 10.1 Å². The molecule has 1 heterocycles. The maximum atomic E-state index is 12.3. The van der Waals surface area contributed by atoms with Crippen molar-refractivity contribution in [2.45, 2.75) is 13.3 Å². The third-order valence-corrected chi connectivity index (χ3v) is 3.63. The highest BCUT2D eigenvalue weighted by atomic mass is 19.4. The lowest BCUT2D eigenvalue weighted by molar-refractivity contribution is -0.383. The first kappa shape index (κ1) is 17.5. The van der Waals surface area contributed by atoms with E-state index in [1.165, 1.54) is 30.5 Å². The second-order valence-corrected chi connectivity index (χ2v) is 5.44. The minimum Gasteiger partial charge on any atom is -0.406 e. The number of benzene rings is 2. The lowest BCUT2D eigenvalue weighted by Crippen LogP contribution is -2.17. The predicted octanol–water partition coefficient (Wildman–Crippen LogP) is 5.09. The van der Waals surface area contributed by atoms with Crippen LogP contribution >= 0.6 is 0 Å². The fraction of sp³-hybridized carbons (Fsp3) is 0.118. The molecular weight excluding hydrogens is 351 g/mol. The third-order valence-electron chi connectivity index (χ3n) is 3.63. The quantitative estimate of drug-likeness (QED) is 0.516. The van der Waals surface area contributed by atoms with Crippen molar-refractivity contribution in [3.8, 4) is 5.75 Å². The van der Waals surface area contributed by atoms with Gasteiger partial charge in [0, 0.05) is 28.9 Å². The van der Waals surface area contributed by atoms with E-state index in [1.807, 2.05) is 0 Å². The largest absolute Gasteiger partial charge is 0.573 e. The molecule has 2 aromatic carbocycles. The summed E-state index contributed by atoms with van der Waals surface area (Å²) in [5.74, 6) is -0.0979.